The molecule has 0 spiro atoms. The number of halogens is 1. The second-order valence-corrected chi connectivity index (χ2v) is 8.62. The zero-order valence-corrected chi connectivity index (χ0v) is 18.6. The van der Waals surface area contributed by atoms with E-state index in [1.54, 1.807) is 11.0 Å². The summed E-state index contributed by atoms with van der Waals surface area (Å²) >= 11 is 3.44. The molecule has 0 aromatic heterocycles. The van der Waals surface area contributed by atoms with Gasteiger partial charge in [-0.1, -0.05) is 60.1 Å². The Hall–Kier alpha value is -2.18. The fourth-order valence-electron chi connectivity index (χ4n) is 3.49. The summed E-state index contributed by atoms with van der Waals surface area (Å²) in [5.41, 5.74) is 2.53. The molecule has 0 aliphatic carbocycles. The molecule has 1 saturated heterocycles. The SMILES string of the molecule is Cc1ccccc1C(=O)NC(C(=O)N1CCOC(c2ccc(Br)cc2)C1)C(C)C. The molecule has 2 unspecified atom stereocenters. The molecule has 1 N–H and O–H groups in total. The van der Waals surface area contributed by atoms with Gasteiger partial charge in [0.15, 0.2) is 0 Å². The minimum Gasteiger partial charge on any atom is -0.370 e. The molecule has 1 fully saturated rings. The number of carbonyl (C=O) groups excluding carboxylic acids is 2. The monoisotopic (exact) mass is 458 g/mol. The van der Waals surface area contributed by atoms with Crippen LogP contribution in [-0.4, -0.2) is 42.5 Å². The van der Waals surface area contributed by atoms with Gasteiger partial charge < -0.3 is 15.0 Å². The Labute approximate surface area is 180 Å². The number of carbonyl (C=O) groups is 2. The number of morpholine rings is 1. The minimum atomic E-state index is -0.578. The van der Waals surface area contributed by atoms with Crippen LogP contribution in [0.25, 0.3) is 0 Å². The number of benzene rings is 2. The Morgan fingerprint density at radius 1 is 1.14 bits per heavy atom. The van der Waals surface area contributed by atoms with Gasteiger partial charge >= 0.3 is 0 Å². The summed E-state index contributed by atoms with van der Waals surface area (Å²) in [6.45, 7) is 7.27. The van der Waals surface area contributed by atoms with Gasteiger partial charge in [0.2, 0.25) is 5.91 Å². The average Bonchev–Trinajstić information content (AvgIpc) is 2.72. The van der Waals surface area contributed by atoms with E-state index >= 15 is 0 Å². The van der Waals surface area contributed by atoms with Crippen molar-refractivity contribution in [1.82, 2.24) is 10.2 Å². The van der Waals surface area contributed by atoms with Crippen LogP contribution in [0, 0.1) is 12.8 Å². The Bertz CT molecular complexity index is 867. The number of ether oxygens (including phenoxy) is 1. The number of nitrogens with one attached hydrogen (secondary N) is 1. The molecule has 0 saturated carbocycles. The highest BCUT2D eigenvalue weighted by Crippen LogP contribution is 2.25. The van der Waals surface area contributed by atoms with Crippen molar-refractivity contribution >= 4 is 27.7 Å². The van der Waals surface area contributed by atoms with Crippen molar-refractivity contribution in [3.05, 3.63) is 69.7 Å². The summed E-state index contributed by atoms with van der Waals surface area (Å²) < 4.78 is 6.90. The van der Waals surface area contributed by atoms with Crippen molar-refractivity contribution in [2.24, 2.45) is 5.92 Å². The van der Waals surface area contributed by atoms with E-state index in [-0.39, 0.29) is 23.8 Å². The maximum absolute atomic E-state index is 13.3. The summed E-state index contributed by atoms with van der Waals surface area (Å²) in [7, 11) is 0. The molecule has 6 heteroatoms. The quantitative estimate of drug-likeness (QED) is 0.732. The number of hydrogen-bond acceptors (Lipinski definition) is 3. The van der Waals surface area contributed by atoms with Crippen LogP contribution in [0.1, 0.15) is 41.4 Å². The molecule has 0 radical (unpaired) electrons. The molecule has 5 nitrogen and oxygen atoms in total. The van der Waals surface area contributed by atoms with Crippen molar-refractivity contribution in [2.45, 2.75) is 32.9 Å². The number of amides is 2. The van der Waals surface area contributed by atoms with E-state index in [0.717, 1.165) is 15.6 Å². The molecule has 154 valence electrons. The molecule has 2 atom stereocenters. The van der Waals surface area contributed by atoms with Crippen LogP contribution in [0.15, 0.2) is 53.0 Å². The van der Waals surface area contributed by atoms with Crippen LogP contribution in [0.4, 0.5) is 0 Å². The molecular weight excluding hydrogens is 432 g/mol. The molecule has 2 aromatic carbocycles. The fraction of sp³-hybridized carbons (Fsp3) is 0.391. The summed E-state index contributed by atoms with van der Waals surface area (Å²) in [4.78, 5) is 27.8. The molecule has 29 heavy (non-hydrogen) atoms. The van der Waals surface area contributed by atoms with Crippen molar-refractivity contribution in [1.29, 1.82) is 0 Å². The highest BCUT2D eigenvalue weighted by molar-refractivity contribution is 9.10. The van der Waals surface area contributed by atoms with Gasteiger partial charge in [-0.25, -0.2) is 0 Å². The highest BCUT2D eigenvalue weighted by Gasteiger charge is 2.33. The number of rotatable bonds is 5. The lowest BCUT2D eigenvalue weighted by molar-refractivity contribution is -0.142. The Morgan fingerprint density at radius 3 is 2.48 bits per heavy atom. The molecule has 1 aliphatic heterocycles. The highest BCUT2D eigenvalue weighted by atomic mass is 79.9. The Balaban J connectivity index is 1.72. The lowest BCUT2D eigenvalue weighted by atomic mass is 10.00. The first-order chi connectivity index (χ1) is 13.9. The van der Waals surface area contributed by atoms with Gasteiger partial charge in [0.25, 0.3) is 5.91 Å². The zero-order valence-electron chi connectivity index (χ0n) is 17.0. The number of hydrogen-bond donors (Lipinski definition) is 1. The second kappa shape index (κ2) is 9.55. The smallest absolute Gasteiger partial charge is 0.252 e. The first-order valence-electron chi connectivity index (χ1n) is 9.89. The van der Waals surface area contributed by atoms with Gasteiger partial charge in [-0.2, -0.15) is 0 Å². The van der Waals surface area contributed by atoms with Gasteiger partial charge in [0, 0.05) is 16.6 Å². The molecule has 1 heterocycles. The fourth-order valence-corrected chi connectivity index (χ4v) is 3.75. The van der Waals surface area contributed by atoms with E-state index in [1.165, 1.54) is 0 Å². The lowest BCUT2D eigenvalue weighted by Gasteiger charge is -2.36. The third kappa shape index (κ3) is 5.25. The van der Waals surface area contributed by atoms with Crippen molar-refractivity contribution in [3.8, 4) is 0 Å². The van der Waals surface area contributed by atoms with E-state index in [2.05, 4.69) is 21.2 Å². The van der Waals surface area contributed by atoms with Crippen LogP contribution < -0.4 is 5.32 Å². The predicted molar refractivity (Wildman–Crippen MR) is 117 cm³/mol. The molecular formula is C23H27BrN2O3. The number of aryl methyl sites for hydroxylation is 1. The zero-order chi connectivity index (χ0) is 21.0. The average molecular weight is 459 g/mol. The van der Waals surface area contributed by atoms with Crippen LogP contribution >= 0.6 is 15.9 Å². The second-order valence-electron chi connectivity index (χ2n) is 7.71. The summed E-state index contributed by atoms with van der Waals surface area (Å²) in [5.74, 6) is -0.301. The maximum atomic E-state index is 13.3. The summed E-state index contributed by atoms with van der Waals surface area (Å²) in [6.07, 6.45) is -0.166. The van der Waals surface area contributed by atoms with E-state index in [1.807, 2.05) is 63.2 Å². The predicted octanol–water partition coefficient (Wildman–Crippen LogP) is 4.11. The van der Waals surface area contributed by atoms with Crippen molar-refractivity contribution in [2.75, 3.05) is 19.7 Å². The molecule has 3 rings (SSSR count). The standard InChI is InChI=1S/C23H27BrN2O3/c1-15(2)21(25-22(27)19-7-5-4-6-16(19)3)23(28)26-12-13-29-20(14-26)17-8-10-18(24)11-9-17/h4-11,15,20-21H,12-14H2,1-3H3,(H,25,27). The first kappa shape index (κ1) is 21.5. The molecule has 0 bridgehead atoms. The van der Waals surface area contributed by atoms with Crippen molar-refractivity contribution < 1.29 is 14.3 Å². The Morgan fingerprint density at radius 2 is 1.83 bits per heavy atom. The van der Waals surface area contributed by atoms with Crippen LogP contribution in [0.5, 0.6) is 0 Å². The third-order valence-electron chi connectivity index (χ3n) is 5.23. The van der Waals surface area contributed by atoms with Crippen LogP contribution in [0.3, 0.4) is 0 Å². The van der Waals surface area contributed by atoms with Gasteiger partial charge in [0.1, 0.15) is 12.1 Å². The van der Waals surface area contributed by atoms with E-state index in [0.29, 0.717) is 25.3 Å². The number of nitrogens with zero attached hydrogens (tertiary/aromatic N) is 1. The molecule has 2 aromatic rings. The Kier molecular flexibility index (Phi) is 7.09. The minimum absolute atomic E-state index is 0.0237. The summed E-state index contributed by atoms with van der Waals surface area (Å²) in [6, 6.07) is 14.8. The molecule has 1 aliphatic rings. The van der Waals surface area contributed by atoms with Gasteiger partial charge in [-0.3, -0.25) is 9.59 Å². The lowest BCUT2D eigenvalue weighted by Crippen LogP contribution is -2.54. The molecule has 2 amide bonds. The van der Waals surface area contributed by atoms with Crippen molar-refractivity contribution in [3.63, 3.8) is 0 Å². The largest absolute Gasteiger partial charge is 0.370 e. The normalized spacial score (nSPS) is 17.8. The van der Waals surface area contributed by atoms with Crippen LogP contribution in [0.2, 0.25) is 0 Å². The van der Waals surface area contributed by atoms with E-state index < -0.39 is 6.04 Å². The third-order valence-corrected chi connectivity index (χ3v) is 5.76. The van der Waals surface area contributed by atoms with E-state index in [4.69, 9.17) is 4.74 Å². The van der Waals surface area contributed by atoms with Gasteiger partial charge in [-0.05, 0) is 42.2 Å². The van der Waals surface area contributed by atoms with Gasteiger partial charge in [0.05, 0.1) is 13.2 Å². The first-order valence-corrected chi connectivity index (χ1v) is 10.7. The maximum Gasteiger partial charge on any atom is 0.252 e. The van der Waals surface area contributed by atoms with Crippen LogP contribution in [-0.2, 0) is 9.53 Å². The van der Waals surface area contributed by atoms with E-state index in [9.17, 15) is 9.59 Å². The topological polar surface area (TPSA) is 58.6 Å². The summed E-state index contributed by atoms with van der Waals surface area (Å²) in [5, 5.41) is 2.96. The van der Waals surface area contributed by atoms with Gasteiger partial charge in [-0.15, -0.1) is 0 Å².